The van der Waals surface area contributed by atoms with E-state index in [0.29, 0.717) is 5.54 Å². The first-order chi connectivity index (χ1) is 8.36. The van der Waals surface area contributed by atoms with E-state index in [9.17, 15) is 0 Å². The van der Waals surface area contributed by atoms with E-state index in [2.05, 4.69) is 17.1 Å². The van der Waals surface area contributed by atoms with Gasteiger partial charge in [-0.1, -0.05) is 31.0 Å². The number of thioether (sulfide) groups is 2. The molecule has 1 aliphatic carbocycles. The van der Waals surface area contributed by atoms with Gasteiger partial charge in [0.05, 0.1) is 6.54 Å². The molecule has 1 spiro atoms. The van der Waals surface area contributed by atoms with E-state index < -0.39 is 0 Å². The molecule has 3 rings (SSSR count). The Kier molecular flexibility index (Phi) is 3.90. The fourth-order valence-electron chi connectivity index (χ4n) is 3.06. The Morgan fingerprint density at radius 3 is 2.88 bits per heavy atom. The molecule has 3 fully saturated rings. The fraction of sp³-hybridized carbons (Fsp3) is 0.923. The summed E-state index contributed by atoms with van der Waals surface area (Å²) in [6, 6.07) is 0. The van der Waals surface area contributed by atoms with Gasteiger partial charge < -0.3 is 5.32 Å². The van der Waals surface area contributed by atoms with E-state index in [1.807, 2.05) is 11.8 Å². The van der Waals surface area contributed by atoms with Gasteiger partial charge in [0.15, 0.2) is 5.17 Å². The molecule has 1 saturated carbocycles. The lowest BCUT2D eigenvalue weighted by Crippen LogP contribution is -2.45. The first kappa shape index (κ1) is 12.2. The predicted molar refractivity (Wildman–Crippen MR) is 79.2 cm³/mol. The zero-order valence-corrected chi connectivity index (χ0v) is 12.0. The number of nitrogens with one attached hydrogen (secondary N) is 1. The van der Waals surface area contributed by atoms with Gasteiger partial charge in [-0.25, -0.2) is 0 Å². The first-order valence-electron chi connectivity index (χ1n) is 6.93. The molecule has 0 aromatic heterocycles. The summed E-state index contributed by atoms with van der Waals surface area (Å²) in [4.78, 5) is 4.80. The van der Waals surface area contributed by atoms with Crippen molar-refractivity contribution in [2.24, 2.45) is 4.99 Å². The van der Waals surface area contributed by atoms with Crippen molar-refractivity contribution < 1.29 is 0 Å². The normalized spacial score (nSPS) is 34.4. The number of rotatable bonds is 2. The van der Waals surface area contributed by atoms with Crippen molar-refractivity contribution >= 4 is 28.7 Å². The second kappa shape index (κ2) is 5.43. The van der Waals surface area contributed by atoms with Crippen molar-refractivity contribution in [1.82, 2.24) is 5.32 Å². The van der Waals surface area contributed by atoms with E-state index in [0.717, 1.165) is 11.8 Å². The smallest absolute Gasteiger partial charge is 0.157 e. The minimum atomic E-state index is 0.421. The summed E-state index contributed by atoms with van der Waals surface area (Å²) < 4.78 is 0. The highest BCUT2D eigenvalue weighted by Gasteiger charge is 2.38. The standard InChI is InChI=1S/C13H22N2S2/c1-2-6-13(7-3-1)10-17-12(15-13)14-9-11-5-4-8-16-11/h11H,1-10H2,(H,14,15). The highest BCUT2D eigenvalue weighted by atomic mass is 32.2. The van der Waals surface area contributed by atoms with E-state index in [1.165, 1.54) is 61.6 Å². The lowest BCUT2D eigenvalue weighted by Gasteiger charge is -2.32. The van der Waals surface area contributed by atoms with Gasteiger partial charge in [0, 0.05) is 16.5 Å². The third-order valence-electron chi connectivity index (χ3n) is 4.13. The third-order valence-corrected chi connectivity index (χ3v) is 6.71. The Bertz CT molecular complexity index is 292. The molecule has 2 heterocycles. The minimum Gasteiger partial charge on any atom is -0.359 e. The van der Waals surface area contributed by atoms with Gasteiger partial charge in [-0.05, 0) is 31.4 Å². The number of aliphatic imine (C=N–C) groups is 1. The molecule has 1 atom stereocenters. The van der Waals surface area contributed by atoms with Crippen LogP contribution in [-0.2, 0) is 0 Å². The zero-order valence-electron chi connectivity index (χ0n) is 10.4. The lowest BCUT2D eigenvalue weighted by atomic mass is 9.83. The fourth-order valence-corrected chi connectivity index (χ4v) is 5.47. The van der Waals surface area contributed by atoms with Crippen LogP contribution in [0.5, 0.6) is 0 Å². The lowest BCUT2D eigenvalue weighted by molar-refractivity contribution is 0.303. The van der Waals surface area contributed by atoms with Gasteiger partial charge in [-0.15, -0.1) is 0 Å². The monoisotopic (exact) mass is 270 g/mol. The molecule has 0 radical (unpaired) electrons. The summed E-state index contributed by atoms with van der Waals surface area (Å²) in [5, 5.41) is 5.77. The van der Waals surface area contributed by atoms with Crippen molar-refractivity contribution in [3.8, 4) is 0 Å². The molecule has 0 aromatic carbocycles. The van der Waals surface area contributed by atoms with Crippen molar-refractivity contribution in [3.05, 3.63) is 0 Å². The quantitative estimate of drug-likeness (QED) is 0.833. The maximum absolute atomic E-state index is 4.80. The van der Waals surface area contributed by atoms with Crippen LogP contribution in [0.3, 0.4) is 0 Å². The molecule has 17 heavy (non-hydrogen) atoms. The Morgan fingerprint density at radius 2 is 2.12 bits per heavy atom. The van der Waals surface area contributed by atoms with E-state index in [1.54, 1.807) is 0 Å². The topological polar surface area (TPSA) is 24.4 Å². The van der Waals surface area contributed by atoms with Crippen molar-refractivity contribution in [1.29, 1.82) is 0 Å². The minimum absolute atomic E-state index is 0.421. The highest BCUT2D eigenvalue weighted by Crippen LogP contribution is 2.36. The molecular weight excluding hydrogens is 248 g/mol. The average Bonchev–Trinajstić information content (AvgIpc) is 2.98. The van der Waals surface area contributed by atoms with Crippen LogP contribution in [0.15, 0.2) is 4.99 Å². The molecule has 3 aliphatic rings. The Morgan fingerprint density at radius 1 is 1.24 bits per heavy atom. The van der Waals surface area contributed by atoms with E-state index >= 15 is 0 Å². The van der Waals surface area contributed by atoms with Crippen LogP contribution in [-0.4, -0.2) is 34.0 Å². The number of amidine groups is 1. The molecule has 0 aromatic rings. The highest BCUT2D eigenvalue weighted by molar-refractivity contribution is 8.14. The summed E-state index contributed by atoms with van der Waals surface area (Å²) in [5.74, 6) is 2.60. The van der Waals surface area contributed by atoms with Gasteiger partial charge in [0.25, 0.3) is 0 Å². The number of nitrogens with zero attached hydrogens (tertiary/aromatic N) is 1. The summed E-state index contributed by atoms with van der Waals surface area (Å²) in [5.41, 5.74) is 0.421. The van der Waals surface area contributed by atoms with Gasteiger partial charge in [0.2, 0.25) is 0 Å². The molecule has 2 aliphatic heterocycles. The molecule has 2 nitrogen and oxygen atoms in total. The van der Waals surface area contributed by atoms with Crippen LogP contribution in [0, 0.1) is 0 Å². The molecule has 1 N–H and O–H groups in total. The van der Waals surface area contributed by atoms with Crippen LogP contribution in [0.4, 0.5) is 0 Å². The zero-order chi connectivity index (χ0) is 11.6. The van der Waals surface area contributed by atoms with Gasteiger partial charge >= 0.3 is 0 Å². The molecule has 96 valence electrons. The van der Waals surface area contributed by atoms with Gasteiger partial charge in [-0.3, -0.25) is 4.99 Å². The van der Waals surface area contributed by atoms with Crippen LogP contribution < -0.4 is 5.32 Å². The number of hydrogen-bond acceptors (Lipinski definition) is 3. The van der Waals surface area contributed by atoms with E-state index in [-0.39, 0.29) is 0 Å². The summed E-state index contributed by atoms with van der Waals surface area (Å²) in [7, 11) is 0. The second-order valence-corrected chi connectivity index (χ2v) is 7.91. The molecule has 0 amide bonds. The second-order valence-electron chi connectivity index (χ2n) is 5.54. The largest absolute Gasteiger partial charge is 0.359 e. The summed E-state index contributed by atoms with van der Waals surface area (Å²) in [6.07, 6.45) is 9.72. The molecule has 0 bridgehead atoms. The average molecular weight is 270 g/mol. The van der Waals surface area contributed by atoms with Gasteiger partial charge in [0.1, 0.15) is 0 Å². The number of hydrogen-bond donors (Lipinski definition) is 1. The first-order valence-corrected chi connectivity index (χ1v) is 8.97. The van der Waals surface area contributed by atoms with Crippen molar-refractivity contribution in [3.63, 3.8) is 0 Å². The molecule has 4 heteroatoms. The van der Waals surface area contributed by atoms with Crippen molar-refractivity contribution in [2.75, 3.05) is 18.1 Å². The molecule has 1 unspecified atom stereocenters. The Labute approximate surface area is 113 Å². The van der Waals surface area contributed by atoms with Crippen LogP contribution >= 0.6 is 23.5 Å². The SMILES string of the molecule is C1CCC2(CC1)CSC(=NCC1CCCS1)N2. The summed E-state index contributed by atoms with van der Waals surface area (Å²) in [6.45, 7) is 1.04. The van der Waals surface area contributed by atoms with Crippen LogP contribution in [0.1, 0.15) is 44.9 Å². The Hall–Kier alpha value is 0.170. The Balaban J connectivity index is 1.53. The van der Waals surface area contributed by atoms with E-state index in [4.69, 9.17) is 4.99 Å². The van der Waals surface area contributed by atoms with Crippen LogP contribution in [0.25, 0.3) is 0 Å². The molecule has 2 saturated heterocycles. The summed E-state index contributed by atoms with van der Waals surface area (Å²) >= 11 is 4.07. The van der Waals surface area contributed by atoms with Crippen molar-refractivity contribution in [2.45, 2.75) is 55.7 Å². The maximum Gasteiger partial charge on any atom is 0.157 e. The predicted octanol–water partition coefficient (Wildman–Crippen LogP) is 3.28. The maximum atomic E-state index is 4.80. The van der Waals surface area contributed by atoms with Crippen LogP contribution in [0.2, 0.25) is 0 Å². The van der Waals surface area contributed by atoms with Gasteiger partial charge in [-0.2, -0.15) is 11.8 Å². The molecular formula is C13H22N2S2. The third kappa shape index (κ3) is 2.95.